The van der Waals surface area contributed by atoms with Crippen LogP contribution in [0.2, 0.25) is 0 Å². The number of hydrogen-bond acceptors (Lipinski definition) is 2. The van der Waals surface area contributed by atoms with E-state index in [0.717, 1.165) is 36.3 Å². The number of urea groups is 1. The quantitative estimate of drug-likeness (QED) is 0.717. The summed E-state index contributed by atoms with van der Waals surface area (Å²) in [4.78, 5) is 11.9. The van der Waals surface area contributed by atoms with Gasteiger partial charge in [-0.2, -0.15) is 0 Å². The lowest BCUT2D eigenvalue weighted by molar-refractivity contribution is 0.108. The van der Waals surface area contributed by atoms with Gasteiger partial charge in [0.25, 0.3) is 0 Å². The minimum absolute atomic E-state index is 0.150. The van der Waals surface area contributed by atoms with Gasteiger partial charge >= 0.3 is 6.03 Å². The summed E-state index contributed by atoms with van der Waals surface area (Å²) in [5.74, 6) is 0.551. The van der Waals surface area contributed by atoms with Gasteiger partial charge in [-0.15, -0.1) is 0 Å². The first-order valence-electron chi connectivity index (χ1n) is 7.75. The normalized spacial score (nSPS) is 10.7. The lowest BCUT2D eigenvalue weighted by Gasteiger charge is -2.13. The topological polar surface area (TPSA) is 50.4 Å². The van der Waals surface area contributed by atoms with Crippen molar-refractivity contribution in [1.29, 1.82) is 0 Å². The van der Waals surface area contributed by atoms with Crippen LogP contribution in [0.1, 0.15) is 38.3 Å². The summed E-state index contributed by atoms with van der Waals surface area (Å²) in [5.41, 5.74) is 3.17. The molecular weight excluding hydrogens is 264 g/mol. The highest BCUT2D eigenvalue weighted by Crippen LogP contribution is 2.20. The van der Waals surface area contributed by atoms with Crippen molar-refractivity contribution in [2.75, 3.05) is 25.1 Å². The lowest BCUT2D eigenvalue weighted by Crippen LogP contribution is -2.30. The molecule has 4 nitrogen and oxygen atoms in total. The van der Waals surface area contributed by atoms with Crippen LogP contribution in [0.25, 0.3) is 0 Å². The van der Waals surface area contributed by atoms with Gasteiger partial charge in [-0.3, -0.25) is 0 Å². The summed E-state index contributed by atoms with van der Waals surface area (Å²) in [5, 5.41) is 5.82. The molecule has 0 spiro atoms. The molecule has 118 valence electrons. The maximum absolute atomic E-state index is 11.9. The Balaban J connectivity index is 2.31. The highest BCUT2D eigenvalue weighted by Gasteiger charge is 2.07. The molecule has 2 amide bonds. The van der Waals surface area contributed by atoms with E-state index in [-0.39, 0.29) is 6.03 Å². The summed E-state index contributed by atoms with van der Waals surface area (Å²) in [7, 11) is 0. The van der Waals surface area contributed by atoms with E-state index >= 15 is 0 Å². The fourth-order valence-electron chi connectivity index (χ4n) is 2.05. The number of aryl methyl sites for hydroxylation is 2. The van der Waals surface area contributed by atoms with Crippen molar-refractivity contribution < 1.29 is 9.53 Å². The molecule has 0 saturated heterocycles. The average Bonchev–Trinajstić information content (AvgIpc) is 2.44. The Kier molecular flexibility index (Phi) is 7.83. The fraction of sp³-hybridized carbons (Fsp3) is 0.588. The Morgan fingerprint density at radius 3 is 2.76 bits per heavy atom. The molecule has 2 N–H and O–H groups in total. The van der Waals surface area contributed by atoms with Crippen molar-refractivity contribution in [3.63, 3.8) is 0 Å². The lowest BCUT2D eigenvalue weighted by atomic mass is 10.1. The van der Waals surface area contributed by atoms with Crippen LogP contribution in [0.15, 0.2) is 18.2 Å². The zero-order valence-electron chi connectivity index (χ0n) is 13.7. The Morgan fingerprint density at radius 2 is 2.10 bits per heavy atom. The number of carbonyl (C=O) groups is 1. The molecule has 0 saturated carbocycles. The number of anilines is 1. The molecule has 21 heavy (non-hydrogen) atoms. The van der Waals surface area contributed by atoms with E-state index in [4.69, 9.17) is 4.74 Å². The maximum Gasteiger partial charge on any atom is 0.319 e. The van der Waals surface area contributed by atoms with E-state index in [9.17, 15) is 4.79 Å². The van der Waals surface area contributed by atoms with Crippen LogP contribution in [0.4, 0.5) is 10.5 Å². The summed E-state index contributed by atoms with van der Waals surface area (Å²) in [6, 6.07) is 5.92. The minimum Gasteiger partial charge on any atom is -0.381 e. The molecule has 0 aliphatic carbocycles. The van der Waals surface area contributed by atoms with E-state index < -0.39 is 0 Å². The maximum atomic E-state index is 11.9. The molecule has 1 aromatic carbocycles. The predicted molar refractivity (Wildman–Crippen MR) is 87.9 cm³/mol. The molecule has 0 radical (unpaired) electrons. The van der Waals surface area contributed by atoms with Crippen LogP contribution in [-0.2, 0) is 11.2 Å². The Bertz CT molecular complexity index is 444. The first-order chi connectivity index (χ1) is 10.0. The number of benzene rings is 1. The molecule has 0 heterocycles. The second-order valence-electron chi connectivity index (χ2n) is 5.67. The second kappa shape index (κ2) is 9.40. The van der Waals surface area contributed by atoms with E-state index in [1.165, 1.54) is 0 Å². The standard InChI is InChI=1S/C17H28N2O2/c1-5-15-9-6-8-14(4)16(15)19-17(20)18-10-7-11-21-12-13(2)3/h6,8-9,13H,5,7,10-12H2,1-4H3,(H2,18,19,20). The van der Waals surface area contributed by atoms with Crippen molar-refractivity contribution in [3.05, 3.63) is 29.3 Å². The van der Waals surface area contributed by atoms with Crippen LogP contribution in [0.3, 0.4) is 0 Å². The summed E-state index contributed by atoms with van der Waals surface area (Å²) >= 11 is 0. The monoisotopic (exact) mass is 292 g/mol. The molecule has 1 rings (SSSR count). The molecular formula is C17H28N2O2. The van der Waals surface area contributed by atoms with E-state index in [1.807, 2.05) is 25.1 Å². The minimum atomic E-state index is -0.150. The number of hydrogen-bond donors (Lipinski definition) is 2. The van der Waals surface area contributed by atoms with Gasteiger partial charge in [0.2, 0.25) is 0 Å². The van der Waals surface area contributed by atoms with E-state index in [2.05, 4.69) is 31.4 Å². The van der Waals surface area contributed by atoms with Crippen molar-refractivity contribution in [2.45, 2.75) is 40.5 Å². The molecule has 4 heteroatoms. The van der Waals surface area contributed by atoms with Crippen LogP contribution in [0.5, 0.6) is 0 Å². The molecule has 0 aliphatic heterocycles. The van der Waals surface area contributed by atoms with Crippen molar-refractivity contribution in [3.8, 4) is 0 Å². The highest BCUT2D eigenvalue weighted by molar-refractivity contribution is 5.91. The van der Waals surface area contributed by atoms with Gasteiger partial charge in [-0.05, 0) is 36.8 Å². The third-order valence-corrected chi connectivity index (χ3v) is 3.18. The fourth-order valence-corrected chi connectivity index (χ4v) is 2.05. The Hall–Kier alpha value is -1.55. The van der Waals surface area contributed by atoms with Crippen LogP contribution in [0, 0.1) is 12.8 Å². The Labute approximate surface area is 128 Å². The molecule has 0 aromatic heterocycles. The van der Waals surface area contributed by atoms with Gasteiger partial charge in [0.1, 0.15) is 0 Å². The largest absolute Gasteiger partial charge is 0.381 e. The number of carbonyl (C=O) groups excluding carboxylic acids is 1. The zero-order valence-corrected chi connectivity index (χ0v) is 13.7. The summed E-state index contributed by atoms with van der Waals surface area (Å²) in [6.45, 7) is 10.4. The van der Waals surface area contributed by atoms with Gasteiger partial charge < -0.3 is 15.4 Å². The first-order valence-corrected chi connectivity index (χ1v) is 7.75. The number of rotatable bonds is 8. The third-order valence-electron chi connectivity index (χ3n) is 3.18. The van der Waals surface area contributed by atoms with Crippen LogP contribution < -0.4 is 10.6 Å². The van der Waals surface area contributed by atoms with Crippen LogP contribution >= 0.6 is 0 Å². The molecule has 0 aliphatic rings. The molecule has 0 atom stereocenters. The van der Waals surface area contributed by atoms with Gasteiger partial charge in [0.05, 0.1) is 0 Å². The van der Waals surface area contributed by atoms with Gasteiger partial charge in [0.15, 0.2) is 0 Å². The Morgan fingerprint density at radius 1 is 1.33 bits per heavy atom. The summed E-state index contributed by atoms with van der Waals surface area (Å²) < 4.78 is 5.48. The molecule has 0 fully saturated rings. The van der Waals surface area contributed by atoms with E-state index in [1.54, 1.807) is 0 Å². The number of amides is 2. The van der Waals surface area contributed by atoms with Crippen molar-refractivity contribution >= 4 is 11.7 Å². The van der Waals surface area contributed by atoms with E-state index in [0.29, 0.717) is 19.1 Å². The third kappa shape index (κ3) is 6.63. The van der Waals surface area contributed by atoms with Crippen molar-refractivity contribution in [2.24, 2.45) is 5.92 Å². The first kappa shape index (κ1) is 17.5. The average molecular weight is 292 g/mol. The number of ether oxygens (including phenoxy) is 1. The SMILES string of the molecule is CCc1cccc(C)c1NC(=O)NCCCOCC(C)C. The smallest absolute Gasteiger partial charge is 0.319 e. The molecule has 1 aromatic rings. The molecule has 0 bridgehead atoms. The van der Waals surface area contributed by atoms with Gasteiger partial charge in [0, 0.05) is 25.4 Å². The summed E-state index contributed by atoms with van der Waals surface area (Å²) in [6.07, 6.45) is 1.73. The molecule has 0 unspecified atom stereocenters. The van der Waals surface area contributed by atoms with Gasteiger partial charge in [-0.1, -0.05) is 39.0 Å². The van der Waals surface area contributed by atoms with Crippen molar-refractivity contribution in [1.82, 2.24) is 5.32 Å². The van der Waals surface area contributed by atoms with Crippen LogP contribution in [-0.4, -0.2) is 25.8 Å². The van der Waals surface area contributed by atoms with Gasteiger partial charge in [-0.25, -0.2) is 4.79 Å². The zero-order chi connectivity index (χ0) is 15.7. The number of nitrogens with one attached hydrogen (secondary N) is 2. The second-order valence-corrected chi connectivity index (χ2v) is 5.67. The number of para-hydroxylation sites is 1. The predicted octanol–water partition coefficient (Wildman–Crippen LogP) is 3.74. The highest BCUT2D eigenvalue weighted by atomic mass is 16.5.